The van der Waals surface area contributed by atoms with Crippen LogP contribution in [0.4, 0.5) is 5.00 Å². The van der Waals surface area contributed by atoms with Gasteiger partial charge in [0.25, 0.3) is 0 Å². The number of thiophene rings is 1. The van der Waals surface area contributed by atoms with Gasteiger partial charge < -0.3 is 4.90 Å². The van der Waals surface area contributed by atoms with E-state index in [-0.39, 0.29) is 0 Å². The third-order valence-corrected chi connectivity index (χ3v) is 3.52. The van der Waals surface area contributed by atoms with E-state index >= 15 is 0 Å². The van der Waals surface area contributed by atoms with E-state index in [0.29, 0.717) is 0 Å². The van der Waals surface area contributed by atoms with E-state index in [0.717, 1.165) is 23.7 Å². The molecule has 0 unspecified atom stereocenters. The normalized spacial score (nSPS) is 10.4. The molecule has 0 spiro atoms. The van der Waals surface area contributed by atoms with Gasteiger partial charge in [-0.2, -0.15) is 0 Å². The highest BCUT2D eigenvalue weighted by Crippen LogP contribution is 2.25. The van der Waals surface area contributed by atoms with Crippen molar-refractivity contribution in [1.82, 2.24) is 0 Å². The maximum absolute atomic E-state index is 3.47. The monoisotopic (exact) mass is 325 g/mol. The van der Waals surface area contributed by atoms with Crippen LogP contribution >= 0.6 is 43.2 Å². The first kappa shape index (κ1) is 11.5. The van der Waals surface area contributed by atoms with Crippen LogP contribution in [0.2, 0.25) is 0 Å². The number of hydrogen-bond acceptors (Lipinski definition) is 2. The third kappa shape index (κ3) is 3.60. The third-order valence-electron chi connectivity index (χ3n) is 1.75. The van der Waals surface area contributed by atoms with Crippen LogP contribution in [0.3, 0.4) is 0 Å². The number of hydrogen-bond donors (Lipinski definition) is 0. The molecule has 4 heteroatoms. The summed E-state index contributed by atoms with van der Waals surface area (Å²) in [4.78, 5) is 3.77. The molecule has 1 nitrogen and oxygen atoms in total. The van der Waals surface area contributed by atoms with Crippen LogP contribution in [0.25, 0.3) is 0 Å². The van der Waals surface area contributed by atoms with Gasteiger partial charge in [0, 0.05) is 28.6 Å². The zero-order chi connectivity index (χ0) is 9.68. The SMILES string of the molecule is Cc1ccc(N(CCBr)CCBr)s1. The molecule has 1 rings (SSSR count). The van der Waals surface area contributed by atoms with Gasteiger partial charge in [0.05, 0.1) is 5.00 Å². The van der Waals surface area contributed by atoms with Crippen LogP contribution in [-0.4, -0.2) is 23.7 Å². The Labute approximate surface area is 100 Å². The number of rotatable bonds is 5. The fraction of sp³-hybridized carbons (Fsp3) is 0.556. The number of anilines is 1. The van der Waals surface area contributed by atoms with Crippen molar-refractivity contribution in [3.8, 4) is 0 Å². The van der Waals surface area contributed by atoms with E-state index in [1.807, 2.05) is 11.3 Å². The fourth-order valence-electron chi connectivity index (χ4n) is 1.13. The fourth-order valence-corrected chi connectivity index (χ4v) is 2.90. The molecule has 0 saturated carbocycles. The van der Waals surface area contributed by atoms with Crippen molar-refractivity contribution < 1.29 is 0 Å². The van der Waals surface area contributed by atoms with E-state index in [1.54, 1.807) is 0 Å². The molecule has 0 amide bonds. The first-order valence-electron chi connectivity index (χ1n) is 4.21. The van der Waals surface area contributed by atoms with Gasteiger partial charge in [-0.05, 0) is 19.1 Å². The summed E-state index contributed by atoms with van der Waals surface area (Å²) in [6, 6.07) is 4.38. The molecule has 0 aliphatic carbocycles. The molecule has 0 aromatic carbocycles. The molecule has 13 heavy (non-hydrogen) atoms. The van der Waals surface area contributed by atoms with Gasteiger partial charge in [-0.15, -0.1) is 11.3 Å². The van der Waals surface area contributed by atoms with Crippen LogP contribution in [0.15, 0.2) is 12.1 Å². The van der Waals surface area contributed by atoms with E-state index in [2.05, 4.69) is 55.8 Å². The topological polar surface area (TPSA) is 3.24 Å². The molecule has 0 saturated heterocycles. The Balaban J connectivity index is 2.63. The minimum atomic E-state index is 1.02. The molecule has 0 atom stereocenters. The number of aryl methyl sites for hydroxylation is 1. The second-order valence-electron chi connectivity index (χ2n) is 2.75. The molecule has 0 fully saturated rings. The zero-order valence-corrected chi connectivity index (χ0v) is 11.6. The summed E-state index contributed by atoms with van der Waals surface area (Å²) in [5.41, 5.74) is 0. The standard InChI is InChI=1S/C9H13Br2NS/c1-8-2-3-9(13-8)12(6-4-10)7-5-11/h2-3H,4-7H2,1H3. The Hall–Kier alpha value is 0.460. The Bertz CT molecular complexity index is 244. The molecule has 1 aromatic heterocycles. The van der Waals surface area contributed by atoms with Crippen LogP contribution < -0.4 is 4.90 Å². The molecule has 0 radical (unpaired) electrons. The molecule has 0 N–H and O–H groups in total. The molecule has 1 aromatic rings. The first-order chi connectivity index (χ1) is 6.27. The maximum Gasteiger partial charge on any atom is 0.0911 e. The van der Waals surface area contributed by atoms with Crippen LogP contribution in [0, 0.1) is 6.92 Å². The Morgan fingerprint density at radius 3 is 2.23 bits per heavy atom. The quantitative estimate of drug-likeness (QED) is 0.746. The lowest BCUT2D eigenvalue weighted by atomic mass is 10.4. The maximum atomic E-state index is 3.47. The van der Waals surface area contributed by atoms with Crippen molar-refractivity contribution in [2.45, 2.75) is 6.92 Å². The summed E-state index contributed by atoms with van der Waals surface area (Å²) in [6.45, 7) is 4.30. The average Bonchev–Trinajstić information content (AvgIpc) is 2.51. The predicted molar refractivity (Wildman–Crippen MR) is 68.9 cm³/mol. The van der Waals surface area contributed by atoms with Crippen molar-refractivity contribution in [3.63, 3.8) is 0 Å². The molecule has 74 valence electrons. The van der Waals surface area contributed by atoms with Gasteiger partial charge in [-0.1, -0.05) is 31.9 Å². The molecular weight excluding hydrogens is 314 g/mol. The zero-order valence-electron chi connectivity index (χ0n) is 7.59. The second-order valence-corrected chi connectivity index (χ2v) is 5.60. The van der Waals surface area contributed by atoms with Gasteiger partial charge in [-0.3, -0.25) is 0 Å². The van der Waals surface area contributed by atoms with Crippen LogP contribution in [0.5, 0.6) is 0 Å². The smallest absolute Gasteiger partial charge is 0.0911 e. The number of nitrogens with zero attached hydrogens (tertiary/aromatic N) is 1. The lowest BCUT2D eigenvalue weighted by Crippen LogP contribution is -2.26. The first-order valence-corrected chi connectivity index (χ1v) is 7.27. The summed E-state index contributed by atoms with van der Waals surface area (Å²) < 4.78 is 0. The molecule has 0 aliphatic rings. The molecular formula is C9H13Br2NS. The highest BCUT2D eigenvalue weighted by atomic mass is 79.9. The van der Waals surface area contributed by atoms with Crippen molar-refractivity contribution in [3.05, 3.63) is 17.0 Å². The minimum Gasteiger partial charge on any atom is -0.362 e. The Morgan fingerprint density at radius 2 is 1.85 bits per heavy atom. The lowest BCUT2D eigenvalue weighted by Gasteiger charge is -2.20. The summed E-state index contributed by atoms with van der Waals surface area (Å²) in [7, 11) is 0. The minimum absolute atomic E-state index is 1.02. The van der Waals surface area contributed by atoms with Crippen molar-refractivity contribution >= 4 is 48.2 Å². The second kappa shape index (κ2) is 6.04. The Kier molecular flexibility index (Phi) is 5.36. The van der Waals surface area contributed by atoms with Gasteiger partial charge in [-0.25, -0.2) is 0 Å². The van der Waals surface area contributed by atoms with Gasteiger partial charge >= 0.3 is 0 Å². The molecule has 1 heterocycles. The van der Waals surface area contributed by atoms with E-state index in [1.165, 1.54) is 9.88 Å². The predicted octanol–water partition coefficient (Wildman–Crippen LogP) is 3.65. The summed E-state index contributed by atoms with van der Waals surface area (Å²) in [6.07, 6.45) is 0. The highest BCUT2D eigenvalue weighted by Gasteiger charge is 2.06. The number of alkyl halides is 2. The number of halogens is 2. The Morgan fingerprint density at radius 1 is 1.23 bits per heavy atom. The van der Waals surface area contributed by atoms with Crippen LogP contribution in [0.1, 0.15) is 4.88 Å². The van der Waals surface area contributed by atoms with Crippen molar-refractivity contribution in [1.29, 1.82) is 0 Å². The summed E-state index contributed by atoms with van der Waals surface area (Å²) >= 11 is 8.80. The van der Waals surface area contributed by atoms with Crippen molar-refractivity contribution in [2.24, 2.45) is 0 Å². The largest absolute Gasteiger partial charge is 0.362 e. The van der Waals surface area contributed by atoms with E-state index in [9.17, 15) is 0 Å². The molecule has 0 bridgehead atoms. The summed E-state index contributed by atoms with van der Waals surface area (Å²) in [5.74, 6) is 0. The van der Waals surface area contributed by atoms with Crippen LogP contribution in [-0.2, 0) is 0 Å². The van der Waals surface area contributed by atoms with Crippen molar-refractivity contribution in [2.75, 3.05) is 28.6 Å². The average molecular weight is 327 g/mol. The van der Waals surface area contributed by atoms with Gasteiger partial charge in [0.15, 0.2) is 0 Å². The lowest BCUT2D eigenvalue weighted by molar-refractivity contribution is 0.896. The van der Waals surface area contributed by atoms with Gasteiger partial charge in [0.2, 0.25) is 0 Å². The van der Waals surface area contributed by atoms with E-state index < -0.39 is 0 Å². The van der Waals surface area contributed by atoms with E-state index in [4.69, 9.17) is 0 Å². The summed E-state index contributed by atoms with van der Waals surface area (Å²) in [5, 5.41) is 3.42. The highest BCUT2D eigenvalue weighted by molar-refractivity contribution is 9.09. The molecule has 0 aliphatic heterocycles. The van der Waals surface area contributed by atoms with Gasteiger partial charge in [0.1, 0.15) is 0 Å².